The van der Waals surface area contributed by atoms with Gasteiger partial charge in [-0.25, -0.2) is 4.99 Å². The summed E-state index contributed by atoms with van der Waals surface area (Å²) in [7, 11) is 1.77. The molecule has 1 unspecified atom stereocenters. The van der Waals surface area contributed by atoms with Crippen molar-refractivity contribution in [2.75, 3.05) is 33.4 Å². The van der Waals surface area contributed by atoms with Gasteiger partial charge in [0.15, 0.2) is 5.96 Å². The van der Waals surface area contributed by atoms with Gasteiger partial charge in [-0.1, -0.05) is 12.1 Å². The predicted octanol–water partition coefficient (Wildman–Crippen LogP) is 2.91. The Labute approximate surface area is 146 Å². The summed E-state index contributed by atoms with van der Waals surface area (Å²) in [6.07, 6.45) is 1.35. The number of nitrogens with one attached hydrogen (secondary N) is 1. The third-order valence-corrected chi connectivity index (χ3v) is 4.00. The maximum atomic E-state index is 5.76. The molecular formula is C19H31N3O2. The number of guanidine groups is 1. The zero-order valence-corrected chi connectivity index (χ0v) is 15.4. The number of hydrogen-bond donors (Lipinski definition) is 1. The van der Waals surface area contributed by atoms with Crippen molar-refractivity contribution in [2.45, 2.75) is 39.8 Å². The minimum absolute atomic E-state index is 0.184. The third kappa shape index (κ3) is 5.71. The van der Waals surface area contributed by atoms with Crippen molar-refractivity contribution in [1.82, 2.24) is 10.2 Å². The van der Waals surface area contributed by atoms with Gasteiger partial charge in [0.2, 0.25) is 0 Å². The van der Waals surface area contributed by atoms with Crippen molar-refractivity contribution >= 4 is 5.96 Å². The van der Waals surface area contributed by atoms with Crippen LogP contribution in [0.25, 0.3) is 0 Å². The van der Waals surface area contributed by atoms with E-state index >= 15 is 0 Å². The molecule has 1 aliphatic rings. The highest BCUT2D eigenvalue weighted by molar-refractivity contribution is 5.80. The van der Waals surface area contributed by atoms with Crippen molar-refractivity contribution in [3.8, 4) is 5.75 Å². The molecule has 1 aromatic carbocycles. The zero-order chi connectivity index (χ0) is 17.4. The molecule has 1 fully saturated rings. The number of nitrogens with zero attached hydrogens (tertiary/aromatic N) is 2. The molecule has 0 aromatic heterocycles. The Hall–Kier alpha value is -1.75. The first-order chi connectivity index (χ1) is 11.6. The van der Waals surface area contributed by atoms with Gasteiger partial charge >= 0.3 is 0 Å². The Balaban J connectivity index is 2.00. The average molecular weight is 333 g/mol. The molecule has 24 heavy (non-hydrogen) atoms. The lowest BCUT2D eigenvalue weighted by Gasteiger charge is -2.21. The summed E-state index contributed by atoms with van der Waals surface area (Å²) in [5.41, 5.74) is 1.16. The molecule has 1 aliphatic heterocycles. The SMILES string of the molecule is CCNC(=NCc1cccc(OC(C)C)c1)N1CCC(COC)C1. The summed E-state index contributed by atoms with van der Waals surface area (Å²) in [4.78, 5) is 7.15. The smallest absolute Gasteiger partial charge is 0.194 e. The Kier molecular flexibility index (Phi) is 7.37. The van der Waals surface area contributed by atoms with Gasteiger partial charge in [0.1, 0.15) is 5.75 Å². The number of methoxy groups -OCH3 is 1. The van der Waals surface area contributed by atoms with Crippen LogP contribution in [0.2, 0.25) is 0 Å². The van der Waals surface area contributed by atoms with Crippen molar-refractivity contribution in [2.24, 2.45) is 10.9 Å². The maximum Gasteiger partial charge on any atom is 0.194 e. The second-order valence-corrected chi connectivity index (χ2v) is 6.54. The molecule has 5 nitrogen and oxygen atoms in total. The molecule has 0 saturated carbocycles. The lowest BCUT2D eigenvalue weighted by atomic mass is 10.1. The Morgan fingerprint density at radius 1 is 1.42 bits per heavy atom. The van der Waals surface area contributed by atoms with E-state index in [1.807, 2.05) is 26.0 Å². The van der Waals surface area contributed by atoms with E-state index in [9.17, 15) is 0 Å². The van der Waals surface area contributed by atoms with E-state index in [-0.39, 0.29) is 6.10 Å². The molecule has 1 aromatic rings. The molecule has 1 saturated heterocycles. The van der Waals surface area contributed by atoms with Crippen LogP contribution in [0.15, 0.2) is 29.3 Å². The highest BCUT2D eigenvalue weighted by Crippen LogP contribution is 2.18. The molecular weight excluding hydrogens is 302 g/mol. The van der Waals surface area contributed by atoms with Gasteiger partial charge in [-0.05, 0) is 44.9 Å². The first kappa shape index (κ1) is 18.6. The van der Waals surface area contributed by atoms with Crippen molar-refractivity contribution in [1.29, 1.82) is 0 Å². The minimum Gasteiger partial charge on any atom is -0.491 e. The normalized spacial score (nSPS) is 18.3. The fourth-order valence-electron chi connectivity index (χ4n) is 2.98. The van der Waals surface area contributed by atoms with Crippen LogP contribution in [-0.2, 0) is 11.3 Å². The minimum atomic E-state index is 0.184. The van der Waals surface area contributed by atoms with Crippen LogP contribution in [0.4, 0.5) is 0 Å². The van der Waals surface area contributed by atoms with Gasteiger partial charge in [-0.3, -0.25) is 0 Å². The Morgan fingerprint density at radius 2 is 2.25 bits per heavy atom. The molecule has 1 atom stereocenters. The largest absolute Gasteiger partial charge is 0.491 e. The quantitative estimate of drug-likeness (QED) is 0.616. The van der Waals surface area contributed by atoms with Crippen LogP contribution in [0.5, 0.6) is 5.75 Å². The molecule has 0 radical (unpaired) electrons. The molecule has 1 heterocycles. The molecule has 1 N–H and O–H groups in total. The lowest BCUT2D eigenvalue weighted by Crippen LogP contribution is -2.40. The molecule has 134 valence electrons. The van der Waals surface area contributed by atoms with Gasteiger partial charge in [-0.15, -0.1) is 0 Å². The van der Waals surface area contributed by atoms with Gasteiger partial charge in [-0.2, -0.15) is 0 Å². The summed E-state index contributed by atoms with van der Waals surface area (Å²) in [5, 5.41) is 3.41. The van der Waals surface area contributed by atoms with Gasteiger partial charge in [0, 0.05) is 32.7 Å². The van der Waals surface area contributed by atoms with E-state index in [2.05, 4.69) is 29.3 Å². The Bertz CT molecular complexity index is 531. The molecule has 0 amide bonds. The average Bonchev–Trinajstić information content (AvgIpc) is 3.00. The number of likely N-dealkylation sites (tertiary alicyclic amines) is 1. The lowest BCUT2D eigenvalue weighted by molar-refractivity contribution is 0.157. The first-order valence-corrected chi connectivity index (χ1v) is 8.90. The van der Waals surface area contributed by atoms with Crippen LogP contribution in [0.3, 0.4) is 0 Å². The van der Waals surface area contributed by atoms with E-state index in [0.29, 0.717) is 12.5 Å². The summed E-state index contributed by atoms with van der Waals surface area (Å²) < 4.78 is 11.0. The van der Waals surface area contributed by atoms with Crippen LogP contribution in [0, 0.1) is 5.92 Å². The molecule has 0 bridgehead atoms. The standard InChI is InChI=1S/C19H31N3O2/c1-5-20-19(22-10-9-17(13-22)14-23-4)21-12-16-7-6-8-18(11-16)24-15(2)3/h6-8,11,15,17H,5,9-10,12-14H2,1-4H3,(H,20,21). The monoisotopic (exact) mass is 333 g/mol. The van der Waals surface area contributed by atoms with E-state index < -0.39 is 0 Å². The number of aliphatic imine (C=N–C) groups is 1. The van der Waals surface area contributed by atoms with Gasteiger partial charge in [0.25, 0.3) is 0 Å². The highest BCUT2D eigenvalue weighted by Gasteiger charge is 2.24. The first-order valence-electron chi connectivity index (χ1n) is 8.90. The summed E-state index contributed by atoms with van der Waals surface area (Å²) in [6.45, 7) is 10.6. The van der Waals surface area contributed by atoms with E-state index in [1.165, 1.54) is 0 Å². The van der Waals surface area contributed by atoms with E-state index in [1.54, 1.807) is 7.11 Å². The van der Waals surface area contributed by atoms with Crippen LogP contribution in [0.1, 0.15) is 32.8 Å². The van der Waals surface area contributed by atoms with Crippen LogP contribution < -0.4 is 10.1 Å². The number of rotatable bonds is 7. The second-order valence-electron chi connectivity index (χ2n) is 6.54. The van der Waals surface area contributed by atoms with Gasteiger partial charge in [0.05, 0.1) is 19.3 Å². The van der Waals surface area contributed by atoms with Gasteiger partial charge < -0.3 is 19.7 Å². The van der Waals surface area contributed by atoms with Crippen LogP contribution in [-0.4, -0.2) is 50.3 Å². The van der Waals surface area contributed by atoms with Crippen LogP contribution >= 0.6 is 0 Å². The predicted molar refractivity (Wildman–Crippen MR) is 98.6 cm³/mol. The molecule has 0 spiro atoms. The Morgan fingerprint density at radius 3 is 2.96 bits per heavy atom. The number of hydrogen-bond acceptors (Lipinski definition) is 3. The third-order valence-electron chi connectivity index (χ3n) is 4.00. The summed E-state index contributed by atoms with van der Waals surface area (Å²) >= 11 is 0. The van der Waals surface area contributed by atoms with E-state index in [4.69, 9.17) is 14.5 Å². The fourth-order valence-corrected chi connectivity index (χ4v) is 2.98. The number of benzene rings is 1. The second kappa shape index (κ2) is 9.52. The highest BCUT2D eigenvalue weighted by atomic mass is 16.5. The maximum absolute atomic E-state index is 5.76. The molecule has 0 aliphatic carbocycles. The van der Waals surface area contributed by atoms with E-state index in [0.717, 1.165) is 49.9 Å². The summed E-state index contributed by atoms with van der Waals surface area (Å²) in [5.74, 6) is 2.50. The molecule has 5 heteroatoms. The zero-order valence-electron chi connectivity index (χ0n) is 15.4. The van der Waals surface area contributed by atoms with Crippen molar-refractivity contribution in [3.63, 3.8) is 0 Å². The van der Waals surface area contributed by atoms with Crippen molar-refractivity contribution in [3.05, 3.63) is 29.8 Å². The topological polar surface area (TPSA) is 46.1 Å². The molecule has 2 rings (SSSR count). The van der Waals surface area contributed by atoms with Crippen molar-refractivity contribution < 1.29 is 9.47 Å². The number of ether oxygens (including phenoxy) is 2. The fraction of sp³-hybridized carbons (Fsp3) is 0.632. The summed E-state index contributed by atoms with van der Waals surface area (Å²) in [6, 6.07) is 8.19.